The number of hydrazine groups is 1. The molecule has 8 nitrogen and oxygen atoms in total. The van der Waals surface area contributed by atoms with Crippen LogP contribution in [0, 0.1) is 13.8 Å². The van der Waals surface area contributed by atoms with E-state index in [1.54, 1.807) is 18.2 Å². The summed E-state index contributed by atoms with van der Waals surface area (Å²) < 4.78 is 31.9. The van der Waals surface area contributed by atoms with E-state index in [1.165, 1.54) is 12.1 Å². The van der Waals surface area contributed by atoms with Gasteiger partial charge in [-0.05, 0) is 37.1 Å². The van der Waals surface area contributed by atoms with Crippen molar-refractivity contribution in [3.05, 3.63) is 59.7 Å². The Morgan fingerprint density at radius 1 is 0.893 bits per heavy atom. The predicted octanol–water partition coefficient (Wildman–Crippen LogP) is 1.20. The first-order valence-electron chi connectivity index (χ1n) is 8.61. The van der Waals surface area contributed by atoms with Gasteiger partial charge in [-0.2, -0.15) is 0 Å². The van der Waals surface area contributed by atoms with Crippen LogP contribution in [0.15, 0.2) is 53.4 Å². The second-order valence-electron chi connectivity index (χ2n) is 6.07. The van der Waals surface area contributed by atoms with Crippen molar-refractivity contribution in [1.29, 1.82) is 0 Å². The third-order valence-corrected chi connectivity index (χ3v) is 5.27. The van der Waals surface area contributed by atoms with Crippen molar-refractivity contribution in [3.8, 4) is 5.75 Å². The Bertz CT molecular complexity index is 910. The van der Waals surface area contributed by atoms with Crippen LogP contribution in [-0.2, 0) is 19.6 Å². The van der Waals surface area contributed by atoms with E-state index >= 15 is 0 Å². The van der Waals surface area contributed by atoms with Crippen LogP contribution < -0.4 is 20.3 Å². The maximum Gasteiger partial charge on any atom is 0.276 e. The molecule has 0 aliphatic rings. The molecule has 0 saturated heterocycles. The zero-order valence-corrected chi connectivity index (χ0v) is 16.5. The number of aryl methyl sites for hydroxylation is 2. The zero-order chi connectivity index (χ0) is 20.6. The summed E-state index contributed by atoms with van der Waals surface area (Å²) in [4.78, 5) is 23.7. The minimum atomic E-state index is -3.67. The third-order valence-electron chi connectivity index (χ3n) is 3.80. The highest BCUT2D eigenvalue weighted by molar-refractivity contribution is 7.89. The Morgan fingerprint density at radius 3 is 2.14 bits per heavy atom. The fourth-order valence-corrected chi connectivity index (χ4v) is 3.44. The van der Waals surface area contributed by atoms with E-state index in [9.17, 15) is 18.0 Å². The molecule has 0 heterocycles. The molecule has 2 aromatic carbocycles. The van der Waals surface area contributed by atoms with Gasteiger partial charge in [-0.3, -0.25) is 20.4 Å². The summed E-state index contributed by atoms with van der Waals surface area (Å²) in [5.74, 6) is -0.434. The summed E-state index contributed by atoms with van der Waals surface area (Å²) in [6, 6.07) is 13.5. The molecule has 2 amide bonds. The lowest BCUT2D eigenvalue weighted by Crippen LogP contribution is -2.44. The Balaban J connectivity index is 1.70. The summed E-state index contributed by atoms with van der Waals surface area (Å²) in [5.41, 5.74) is 6.26. The van der Waals surface area contributed by atoms with Gasteiger partial charge in [-0.25, -0.2) is 13.1 Å². The van der Waals surface area contributed by atoms with E-state index in [-0.39, 0.29) is 24.5 Å². The van der Waals surface area contributed by atoms with Gasteiger partial charge in [0.25, 0.3) is 5.91 Å². The smallest absolute Gasteiger partial charge is 0.276 e. The van der Waals surface area contributed by atoms with Crippen LogP contribution in [0.3, 0.4) is 0 Å². The number of ether oxygens (including phenoxy) is 1. The molecule has 0 unspecified atom stereocenters. The van der Waals surface area contributed by atoms with Crippen molar-refractivity contribution in [2.24, 2.45) is 0 Å². The zero-order valence-electron chi connectivity index (χ0n) is 15.7. The van der Waals surface area contributed by atoms with Crippen LogP contribution >= 0.6 is 0 Å². The maximum atomic E-state index is 12.0. The minimum absolute atomic E-state index is 0.0994. The van der Waals surface area contributed by atoms with Gasteiger partial charge in [0.1, 0.15) is 5.75 Å². The molecule has 3 N–H and O–H groups in total. The number of amides is 2. The van der Waals surface area contributed by atoms with Gasteiger partial charge in [0, 0.05) is 13.0 Å². The second-order valence-corrected chi connectivity index (χ2v) is 7.83. The normalized spacial score (nSPS) is 10.9. The van der Waals surface area contributed by atoms with E-state index in [0.717, 1.165) is 11.1 Å². The van der Waals surface area contributed by atoms with E-state index < -0.39 is 21.8 Å². The molecule has 9 heteroatoms. The number of carbonyl (C=O) groups is 2. The highest BCUT2D eigenvalue weighted by atomic mass is 32.2. The van der Waals surface area contributed by atoms with Gasteiger partial charge in [-0.15, -0.1) is 0 Å². The summed E-state index contributed by atoms with van der Waals surface area (Å²) in [6.45, 7) is 3.39. The molecule has 0 spiro atoms. The molecule has 2 aromatic rings. The number of benzene rings is 2. The van der Waals surface area contributed by atoms with Crippen molar-refractivity contribution in [1.82, 2.24) is 15.6 Å². The van der Waals surface area contributed by atoms with Gasteiger partial charge in [0.2, 0.25) is 15.9 Å². The van der Waals surface area contributed by atoms with E-state index in [1.807, 2.05) is 32.0 Å². The maximum absolute atomic E-state index is 12.0. The number of sulfonamides is 1. The number of nitrogens with one attached hydrogen (secondary N) is 3. The van der Waals surface area contributed by atoms with Gasteiger partial charge < -0.3 is 4.74 Å². The highest BCUT2D eigenvalue weighted by Gasteiger charge is 2.14. The van der Waals surface area contributed by atoms with E-state index in [0.29, 0.717) is 5.75 Å². The SMILES string of the molecule is Cc1cccc(C)c1OCC(=O)NNC(=O)CCNS(=O)(=O)c1ccccc1. The lowest BCUT2D eigenvalue weighted by molar-refractivity contribution is -0.129. The second kappa shape index (κ2) is 9.86. The number of carbonyl (C=O) groups excluding carboxylic acids is 2. The third kappa shape index (κ3) is 6.36. The molecule has 0 atom stereocenters. The number of hydrogen-bond donors (Lipinski definition) is 3. The van der Waals surface area contributed by atoms with Crippen molar-refractivity contribution < 1.29 is 22.7 Å². The van der Waals surface area contributed by atoms with Gasteiger partial charge in [0.15, 0.2) is 6.61 Å². The van der Waals surface area contributed by atoms with E-state index in [2.05, 4.69) is 15.6 Å². The van der Waals surface area contributed by atoms with Gasteiger partial charge in [0.05, 0.1) is 4.90 Å². The first kappa shape index (κ1) is 21.4. The lowest BCUT2D eigenvalue weighted by atomic mass is 10.1. The Kier molecular flexibility index (Phi) is 7.53. The number of rotatable bonds is 8. The average molecular weight is 405 g/mol. The molecule has 0 fully saturated rings. The molecular weight excluding hydrogens is 382 g/mol. The molecule has 0 aliphatic carbocycles. The van der Waals surface area contributed by atoms with Crippen LogP contribution in [0.2, 0.25) is 0 Å². The monoisotopic (exact) mass is 405 g/mol. The first-order valence-corrected chi connectivity index (χ1v) is 10.1. The van der Waals surface area contributed by atoms with Gasteiger partial charge in [-0.1, -0.05) is 36.4 Å². The fourth-order valence-electron chi connectivity index (χ4n) is 2.38. The summed E-state index contributed by atoms with van der Waals surface area (Å²) in [7, 11) is -3.67. The van der Waals surface area contributed by atoms with Crippen LogP contribution in [0.4, 0.5) is 0 Å². The Hall–Kier alpha value is -2.91. The van der Waals surface area contributed by atoms with Crippen LogP contribution in [0.5, 0.6) is 5.75 Å². The summed E-state index contributed by atoms with van der Waals surface area (Å²) in [6.07, 6.45) is -0.135. The van der Waals surface area contributed by atoms with Crippen LogP contribution in [0.1, 0.15) is 17.5 Å². The van der Waals surface area contributed by atoms with Crippen molar-refractivity contribution in [2.45, 2.75) is 25.2 Å². The highest BCUT2D eigenvalue weighted by Crippen LogP contribution is 2.21. The van der Waals surface area contributed by atoms with Crippen LogP contribution in [-0.4, -0.2) is 33.4 Å². The molecule has 0 aliphatic heterocycles. The molecule has 0 saturated carbocycles. The Labute approximate surface area is 164 Å². The molecule has 28 heavy (non-hydrogen) atoms. The average Bonchev–Trinajstić information content (AvgIpc) is 2.66. The molecule has 0 bridgehead atoms. The van der Waals surface area contributed by atoms with Crippen molar-refractivity contribution in [2.75, 3.05) is 13.2 Å². The topological polar surface area (TPSA) is 114 Å². The Morgan fingerprint density at radius 2 is 1.50 bits per heavy atom. The summed E-state index contributed by atoms with van der Waals surface area (Å²) in [5, 5.41) is 0. The number of hydrogen-bond acceptors (Lipinski definition) is 5. The fraction of sp³-hybridized carbons (Fsp3) is 0.263. The van der Waals surface area contributed by atoms with Gasteiger partial charge >= 0.3 is 0 Å². The first-order chi connectivity index (χ1) is 13.3. The quantitative estimate of drug-likeness (QED) is 0.571. The number of para-hydroxylation sites is 1. The van der Waals surface area contributed by atoms with Crippen molar-refractivity contribution >= 4 is 21.8 Å². The largest absolute Gasteiger partial charge is 0.483 e. The predicted molar refractivity (Wildman–Crippen MR) is 104 cm³/mol. The standard InChI is InChI=1S/C19H23N3O5S/c1-14-7-6-8-15(2)19(14)27-13-18(24)22-21-17(23)11-12-20-28(25,26)16-9-4-3-5-10-16/h3-10,20H,11-13H2,1-2H3,(H,21,23)(H,22,24). The molecule has 0 aromatic heterocycles. The van der Waals surface area contributed by atoms with Crippen LogP contribution in [0.25, 0.3) is 0 Å². The molecule has 0 radical (unpaired) electrons. The molecule has 150 valence electrons. The minimum Gasteiger partial charge on any atom is -0.483 e. The molecular formula is C19H23N3O5S. The lowest BCUT2D eigenvalue weighted by Gasteiger charge is -2.12. The van der Waals surface area contributed by atoms with Crippen molar-refractivity contribution in [3.63, 3.8) is 0 Å². The summed E-state index contributed by atoms with van der Waals surface area (Å²) >= 11 is 0. The van der Waals surface area contributed by atoms with E-state index in [4.69, 9.17) is 4.74 Å². The molecule has 2 rings (SSSR count).